The van der Waals surface area contributed by atoms with Gasteiger partial charge in [-0.15, -0.1) is 11.3 Å². The molecule has 2 rings (SSSR count). The summed E-state index contributed by atoms with van der Waals surface area (Å²) in [5.74, 6) is 1.52. The molecule has 0 spiro atoms. The highest BCUT2D eigenvalue weighted by Gasteiger charge is 2.34. The largest absolute Gasteiger partial charge is 0.251 e. The van der Waals surface area contributed by atoms with Crippen molar-refractivity contribution in [1.82, 2.24) is 4.72 Å². The summed E-state index contributed by atoms with van der Waals surface area (Å²) in [6, 6.07) is 1.83. The lowest BCUT2D eigenvalue weighted by Crippen LogP contribution is -2.45. The van der Waals surface area contributed by atoms with Crippen molar-refractivity contribution in [2.45, 2.75) is 50.3 Å². The zero-order chi connectivity index (χ0) is 14.9. The smallest absolute Gasteiger partial charge is 0.207 e. The van der Waals surface area contributed by atoms with Crippen LogP contribution in [0.3, 0.4) is 0 Å². The number of hydrogen-bond donors (Lipinski definition) is 1. The monoisotopic (exact) mass is 379 g/mol. The van der Waals surface area contributed by atoms with E-state index < -0.39 is 10.0 Å². The normalized spacial score (nSPS) is 27.9. The Balaban J connectivity index is 2.20. The van der Waals surface area contributed by atoms with E-state index in [0.717, 1.165) is 12.8 Å². The topological polar surface area (TPSA) is 46.2 Å². The maximum Gasteiger partial charge on any atom is 0.251 e. The Morgan fingerprint density at radius 1 is 1.40 bits per heavy atom. The lowest BCUT2D eigenvalue weighted by atomic mass is 9.74. The van der Waals surface area contributed by atoms with Gasteiger partial charge in [0.05, 0.1) is 0 Å². The minimum absolute atomic E-state index is 0.0535. The van der Waals surface area contributed by atoms with Gasteiger partial charge in [0.1, 0.15) is 4.21 Å². The lowest BCUT2D eigenvalue weighted by molar-refractivity contribution is 0.188. The highest BCUT2D eigenvalue weighted by Crippen LogP contribution is 2.35. The fraction of sp³-hybridized carbons (Fsp3) is 0.714. The van der Waals surface area contributed by atoms with Crippen LogP contribution in [0.25, 0.3) is 0 Å². The van der Waals surface area contributed by atoms with Crippen molar-refractivity contribution in [3.63, 3.8) is 0 Å². The van der Waals surface area contributed by atoms with Gasteiger partial charge in [-0.3, -0.25) is 0 Å². The molecule has 3 atom stereocenters. The molecule has 1 aliphatic carbocycles. The molecular formula is C14H22BrNO2S2. The van der Waals surface area contributed by atoms with E-state index >= 15 is 0 Å². The van der Waals surface area contributed by atoms with Gasteiger partial charge >= 0.3 is 0 Å². The van der Waals surface area contributed by atoms with E-state index in [-0.39, 0.29) is 6.04 Å². The summed E-state index contributed by atoms with van der Waals surface area (Å²) >= 11 is 4.57. The molecule has 1 aromatic heterocycles. The molecule has 6 heteroatoms. The van der Waals surface area contributed by atoms with Crippen LogP contribution >= 0.6 is 27.3 Å². The second-order valence-corrected chi connectivity index (χ2v) is 9.79. The van der Waals surface area contributed by atoms with Crippen LogP contribution in [0.15, 0.2) is 20.1 Å². The van der Waals surface area contributed by atoms with Gasteiger partial charge in [0.15, 0.2) is 0 Å². The average Bonchev–Trinajstić information content (AvgIpc) is 2.75. The van der Waals surface area contributed by atoms with Crippen molar-refractivity contribution in [2.75, 3.05) is 0 Å². The van der Waals surface area contributed by atoms with Gasteiger partial charge in [-0.1, -0.05) is 27.2 Å². The van der Waals surface area contributed by atoms with Gasteiger partial charge in [0.2, 0.25) is 0 Å². The van der Waals surface area contributed by atoms with Crippen molar-refractivity contribution in [3.8, 4) is 0 Å². The van der Waals surface area contributed by atoms with Crippen LogP contribution in [0, 0.1) is 17.8 Å². The van der Waals surface area contributed by atoms with Gasteiger partial charge in [-0.25, -0.2) is 13.1 Å². The number of hydrogen-bond acceptors (Lipinski definition) is 3. The van der Waals surface area contributed by atoms with Gasteiger partial charge in [-0.2, -0.15) is 0 Å². The van der Waals surface area contributed by atoms with E-state index in [9.17, 15) is 8.42 Å². The number of rotatable bonds is 4. The molecule has 0 bridgehead atoms. The SMILES string of the molecule is CC1CCC(C(C)C)C(NS(=O)(=O)c2sccc2Br)C1. The third kappa shape index (κ3) is 3.64. The van der Waals surface area contributed by atoms with E-state index in [1.165, 1.54) is 17.8 Å². The van der Waals surface area contributed by atoms with Crippen LogP contribution in [-0.2, 0) is 10.0 Å². The number of thiophene rings is 1. The molecule has 1 fully saturated rings. The Hall–Kier alpha value is 0.0900. The molecule has 1 saturated carbocycles. The summed E-state index contributed by atoms with van der Waals surface area (Å²) in [7, 11) is -3.42. The number of nitrogens with one attached hydrogen (secondary N) is 1. The van der Waals surface area contributed by atoms with E-state index in [1.54, 1.807) is 11.4 Å². The zero-order valence-corrected chi connectivity index (χ0v) is 15.3. The molecule has 0 amide bonds. The first-order chi connectivity index (χ1) is 9.31. The average molecular weight is 380 g/mol. The van der Waals surface area contributed by atoms with Crippen molar-refractivity contribution < 1.29 is 8.42 Å². The van der Waals surface area contributed by atoms with Gasteiger partial charge in [-0.05, 0) is 58.0 Å². The van der Waals surface area contributed by atoms with E-state index in [0.29, 0.717) is 26.4 Å². The molecule has 20 heavy (non-hydrogen) atoms. The maximum absolute atomic E-state index is 12.5. The summed E-state index contributed by atoms with van der Waals surface area (Å²) in [5, 5.41) is 1.79. The van der Waals surface area contributed by atoms with Crippen LogP contribution in [-0.4, -0.2) is 14.5 Å². The molecular weight excluding hydrogens is 358 g/mol. The van der Waals surface area contributed by atoms with Crippen molar-refractivity contribution in [3.05, 3.63) is 15.9 Å². The quantitative estimate of drug-likeness (QED) is 0.849. The van der Waals surface area contributed by atoms with Gasteiger partial charge in [0.25, 0.3) is 10.0 Å². The van der Waals surface area contributed by atoms with Crippen LogP contribution in [0.4, 0.5) is 0 Å². The molecule has 0 radical (unpaired) electrons. The van der Waals surface area contributed by atoms with E-state index in [4.69, 9.17) is 0 Å². The lowest BCUT2D eigenvalue weighted by Gasteiger charge is -2.37. The summed E-state index contributed by atoms with van der Waals surface area (Å²) in [6.45, 7) is 6.57. The predicted molar refractivity (Wildman–Crippen MR) is 87.5 cm³/mol. The highest BCUT2D eigenvalue weighted by molar-refractivity contribution is 9.10. The Morgan fingerprint density at radius 3 is 2.65 bits per heavy atom. The highest BCUT2D eigenvalue weighted by atomic mass is 79.9. The third-order valence-corrected chi connectivity index (χ3v) is 8.32. The molecule has 0 aromatic carbocycles. The van der Waals surface area contributed by atoms with Crippen molar-refractivity contribution in [2.24, 2.45) is 17.8 Å². The Morgan fingerprint density at radius 2 is 2.10 bits per heavy atom. The van der Waals surface area contributed by atoms with E-state index in [1.807, 2.05) is 0 Å². The molecule has 1 N–H and O–H groups in total. The second-order valence-electron chi connectivity index (χ2n) is 6.11. The van der Waals surface area contributed by atoms with Gasteiger partial charge < -0.3 is 0 Å². The molecule has 3 unspecified atom stereocenters. The molecule has 114 valence electrons. The van der Waals surface area contributed by atoms with Crippen LogP contribution < -0.4 is 4.72 Å². The molecule has 0 saturated heterocycles. The van der Waals surface area contributed by atoms with Crippen LogP contribution in [0.1, 0.15) is 40.0 Å². The first-order valence-corrected chi connectivity index (χ1v) is 10.2. The number of halogens is 1. The predicted octanol–water partition coefficient (Wildman–Crippen LogP) is 4.25. The van der Waals surface area contributed by atoms with Crippen molar-refractivity contribution in [1.29, 1.82) is 0 Å². The zero-order valence-electron chi connectivity index (χ0n) is 12.1. The maximum atomic E-state index is 12.5. The third-order valence-electron chi connectivity index (χ3n) is 4.16. The Bertz CT molecular complexity index is 553. The second kappa shape index (κ2) is 6.46. The summed E-state index contributed by atoms with van der Waals surface area (Å²) in [4.78, 5) is 0. The first kappa shape index (κ1) is 16.5. The minimum Gasteiger partial charge on any atom is -0.207 e. The fourth-order valence-electron chi connectivity index (χ4n) is 3.06. The molecule has 1 aromatic rings. The van der Waals surface area contributed by atoms with E-state index in [2.05, 4.69) is 41.4 Å². The van der Waals surface area contributed by atoms with Gasteiger partial charge in [0, 0.05) is 10.5 Å². The van der Waals surface area contributed by atoms with Crippen LogP contribution in [0.5, 0.6) is 0 Å². The Labute approximate surface area is 134 Å². The first-order valence-electron chi connectivity index (χ1n) is 7.06. The molecule has 0 aliphatic heterocycles. The summed E-state index contributed by atoms with van der Waals surface area (Å²) in [5.41, 5.74) is 0. The fourth-order valence-corrected chi connectivity index (χ4v) is 6.72. The molecule has 1 aliphatic rings. The number of sulfonamides is 1. The standard InChI is InChI=1S/C14H22BrNO2S2/c1-9(2)11-5-4-10(3)8-13(11)16-20(17,18)14-12(15)6-7-19-14/h6-7,9-11,13,16H,4-5,8H2,1-3H3. The minimum atomic E-state index is -3.42. The summed E-state index contributed by atoms with van der Waals surface area (Å²) in [6.07, 6.45) is 3.24. The molecule has 1 heterocycles. The van der Waals surface area contributed by atoms with Crippen molar-refractivity contribution >= 4 is 37.3 Å². The van der Waals surface area contributed by atoms with Crippen LogP contribution in [0.2, 0.25) is 0 Å². The summed E-state index contributed by atoms with van der Waals surface area (Å²) < 4.78 is 29.0. The molecule has 3 nitrogen and oxygen atoms in total. The Kier molecular flexibility index (Phi) is 5.32.